The molecule has 6 nitrogen and oxygen atoms in total. The number of nitrogens with two attached hydrogens (primary N) is 1. The topological polar surface area (TPSA) is 105 Å². The van der Waals surface area contributed by atoms with Crippen LogP contribution in [0.1, 0.15) is 23.3 Å². The predicted octanol–water partition coefficient (Wildman–Crippen LogP) is -0.0961. The maximum Gasteiger partial charge on any atom is 0.267 e. The average Bonchev–Trinajstić information content (AvgIpc) is 2.68. The molecule has 0 spiro atoms. The van der Waals surface area contributed by atoms with Gasteiger partial charge in [0.05, 0.1) is 11.5 Å². The molecule has 0 bridgehead atoms. The van der Waals surface area contributed by atoms with E-state index in [1.165, 1.54) is 0 Å². The second-order valence-corrected chi connectivity index (χ2v) is 6.55. The molecule has 1 aliphatic heterocycles. The van der Waals surface area contributed by atoms with Crippen molar-refractivity contribution in [2.45, 2.75) is 18.9 Å². The number of aromatic nitrogens is 1. The zero-order valence-electron chi connectivity index (χ0n) is 9.27. The summed E-state index contributed by atoms with van der Waals surface area (Å²) in [5, 5.41) is 2.80. The van der Waals surface area contributed by atoms with Crippen molar-refractivity contribution in [3.05, 3.63) is 18.0 Å². The fourth-order valence-corrected chi connectivity index (χ4v) is 3.33. The van der Waals surface area contributed by atoms with Crippen LogP contribution in [0.25, 0.3) is 0 Å². The van der Waals surface area contributed by atoms with Crippen molar-refractivity contribution >= 4 is 21.4 Å². The van der Waals surface area contributed by atoms with Crippen LogP contribution in [0.2, 0.25) is 0 Å². The van der Waals surface area contributed by atoms with Crippen molar-refractivity contribution in [1.29, 1.82) is 0 Å². The van der Waals surface area contributed by atoms with Gasteiger partial charge in [0.2, 0.25) is 0 Å². The van der Waals surface area contributed by atoms with E-state index in [0.717, 1.165) is 0 Å². The largest absolute Gasteiger partial charge is 0.397 e. The number of carbonyl (C=O) groups excluding carboxylic acids is 1. The van der Waals surface area contributed by atoms with E-state index >= 15 is 0 Å². The van der Waals surface area contributed by atoms with Crippen molar-refractivity contribution < 1.29 is 13.2 Å². The minimum atomic E-state index is -2.89. The van der Waals surface area contributed by atoms with Crippen LogP contribution < -0.4 is 11.1 Å². The standard InChI is InChI=1S/C10H15N3O3S/c11-7-5-9(12-6-7)10(14)13-8-1-3-17(15,16)4-2-8/h5-6,8,12H,1-4,11H2,(H,13,14). The highest BCUT2D eigenvalue weighted by Crippen LogP contribution is 2.13. The van der Waals surface area contributed by atoms with E-state index in [2.05, 4.69) is 10.3 Å². The molecular formula is C10H15N3O3S. The van der Waals surface area contributed by atoms with Gasteiger partial charge in [0, 0.05) is 17.9 Å². The van der Waals surface area contributed by atoms with Gasteiger partial charge in [-0.25, -0.2) is 8.42 Å². The molecule has 1 saturated heterocycles. The Balaban J connectivity index is 1.92. The van der Waals surface area contributed by atoms with Crippen LogP contribution in [0.3, 0.4) is 0 Å². The first-order valence-electron chi connectivity index (χ1n) is 5.41. The van der Waals surface area contributed by atoms with E-state index in [-0.39, 0.29) is 23.5 Å². The van der Waals surface area contributed by atoms with Crippen LogP contribution in [-0.2, 0) is 9.84 Å². The molecule has 94 valence electrons. The Hall–Kier alpha value is -1.50. The molecule has 1 aromatic rings. The Kier molecular flexibility index (Phi) is 3.10. The average molecular weight is 257 g/mol. The maximum atomic E-state index is 11.7. The van der Waals surface area contributed by atoms with E-state index in [9.17, 15) is 13.2 Å². The van der Waals surface area contributed by atoms with Gasteiger partial charge in [0.1, 0.15) is 15.5 Å². The van der Waals surface area contributed by atoms with Crippen LogP contribution in [0.15, 0.2) is 12.3 Å². The summed E-state index contributed by atoms with van der Waals surface area (Å²) in [5.41, 5.74) is 6.39. The summed E-state index contributed by atoms with van der Waals surface area (Å²) in [6.07, 6.45) is 2.49. The van der Waals surface area contributed by atoms with Gasteiger partial charge in [-0.05, 0) is 18.9 Å². The monoisotopic (exact) mass is 257 g/mol. The number of amides is 1. The SMILES string of the molecule is Nc1c[nH]c(C(=O)NC2CCS(=O)(=O)CC2)c1. The molecule has 4 N–H and O–H groups in total. The lowest BCUT2D eigenvalue weighted by Crippen LogP contribution is -2.40. The van der Waals surface area contributed by atoms with Gasteiger partial charge >= 0.3 is 0 Å². The third kappa shape index (κ3) is 3.00. The van der Waals surface area contributed by atoms with Gasteiger partial charge in [-0.2, -0.15) is 0 Å². The van der Waals surface area contributed by atoms with Gasteiger partial charge < -0.3 is 16.0 Å². The molecule has 0 radical (unpaired) electrons. The van der Waals surface area contributed by atoms with Gasteiger partial charge in [-0.15, -0.1) is 0 Å². The number of carbonyl (C=O) groups is 1. The van der Waals surface area contributed by atoms with Crippen LogP contribution in [0.4, 0.5) is 5.69 Å². The number of hydrogen-bond donors (Lipinski definition) is 3. The first-order chi connectivity index (χ1) is 7.96. The van der Waals surface area contributed by atoms with Crippen molar-refractivity contribution in [3.8, 4) is 0 Å². The highest BCUT2D eigenvalue weighted by Gasteiger charge is 2.25. The van der Waals surface area contributed by atoms with Crippen LogP contribution in [0, 0.1) is 0 Å². The molecule has 0 unspecified atom stereocenters. The Morgan fingerprint density at radius 2 is 2.06 bits per heavy atom. The van der Waals surface area contributed by atoms with E-state index in [1.807, 2.05) is 0 Å². The highest BCUT2D eigenvalue weighted by molar-refractivity contribution is 7.91. The first kappa shape index (κ1) is 12.0. The summed E-state index contributed by atoms with van der Waals surface area (Å²) in [6, 6.07) is 1.48. The highest BCUT2D eigenvalue weighted by atomic mass is 32.2. The molecule has 1 fully saturated rings. The van der Waals surface area contributed by atoms with Crippen molar-refractivity contribution in [2.75, 3.05) is 17.2 Å². The summed E-state index contributed by atoms with van der Waals surface area (Å²) < 4.78 is 22.4. The Morgan fingerprint density at radius 3 is 2.59 bits per heavy atom. The van der Waals surface area contributed by atoms with Crippen LogP contribution in [-0.4, -0.2) is 36.9 Å². The van der Waals surface area contributed by atoms with E-state index in [1.54, 1.807) is 12.3 Å². The minimum absolute atomic E-state index is 0.0736. The molecule has 2 heterocycles. The number of nitrogens with one attached hydrogen (secondary N) is 2. The molecule has 17 heavy (non-hydrogen) atoms. The quantitative estimate of drug-likeness (QED) is 0.688. The Bertz CT molecular complexity index is 507. The lowest BCUT2D eigenvalue weighted by Gasteiger charge is -2.22. The normalized spacial score (nSPS) is 20.0. The maximum absolute atomic E-state index is 11.7. The number of hydrogen-bond acceptors (Lipinski definition) is 4. The lowest BCUT2D eigenvalue weighted by molar-refractivity contribution is 0.0930. The lowest BCUT2D eigenvalue weighted by atomic mass is 10.1. The molecule has 1 aromatic heterocycles. The number of H-pyrrole nitrogens is 1. The fourth-order valence-electron chi connectivity index (χ4n) is 1.84. The molecule has 7 heteroatoms. The number of anilines is 1. The molecule has 1 amide bonds. The van der Waals surface area contributed by atoms with Gasteiger partial charge in [0.15, 0.2) is 0 Å². The zero-order chi connectivity index (χ0) is 12.5. The van der Waals surface area contributed by atoms with Crippen LogP contribution in [0.5, 0.6) is 0 Å². The molecular weight excluding hydrogens is 242 g/mol. The first-order valence-corrected chi connectivity index (χ1v) is 7.23. The Morgan fingerprint density at radius 1 is 1.41 bits per heavy atom. The zero-order valence-corrected chi connectivity index (χ0v) is 10.1. The van der Waals surface area contributed by atoms with Gasteiger partial charge in [-0.1, -0.05) is 0 Å². The number of nitrogen functional groups attached to an aromatic ring is 1. The Labute approximate surface area is 99.5 Å². The van der Waals surface area contributed by atoms with E-state index in [0.29, 0.717) is 24.2 Å². The smallest absolute Gasteiger partial charge is 0.267 e. The summed E-state index contributed by atoms with van der Waals surface area (Å²) in [7, 11) is -2.89. The summed E-state index contributed by atoms with van der Waals surface area (Å²) in [4.78, 5) is 14.5. The fraction of sp³-hybridized carbons (Fsp3) is 0.500. The van der Waals surface area contributed by atoms with Gasteiger partial charge in [0.25, 0.3) is 5.91 Å². The third-order valence-electron chi connectivity index (χ3n) is 2.84. The van der Waals surface area contributed by atoms with Crippen molar-refractivity contribution in [1.82, 2.24) is 10.3 Å². The van der Waals surface area contributed by atoms with E-state index in [4.69, 9.17) is 5.73 Å². The molecule has 1 aliphatic rings. The number of rotatable bonds is 2. The second-order valence-electron chi connectivity index (χ2n) is 4.25. The van der Waals surface area contributed by atoms with Crippen LogP contribution >= 0.6 is 0 Å². The van der Waals surface area contributed by atoms with Gasteiger partial charge in [-0.3, -0.25) is 4.79 Å². The summed E-state index contributed by atoms with van der Waals surface area (Å²) >= 11 is 0. The molecule has 0 aliphatic carbocycles. The summed E-state index contributed by atoms with van der Waals surface area (Å²) in [5.74, 6) is 0.0429. The third-order valence-corrected chi connectivity index (χ3v) is 4.56. The van der Waals surface area contributed by atoms with Crippen molar-refractivity contribution in [3.63, 3.8) is 0 Å². The molecule has 0 atom stereocenters. The number of sulfone groups is 1. The number of aromatic amines is 1. The second kappa shape index (κ2) is 4.40. The van der Waals surface area contributed by atoms with E-state index < -0.39 is 9.84 Å². The van der Waals surface area contributed by atoms with Crippen molar-refractivity contribution in [2.24, 2.45) is 0 Å². The summed E-state index contributed by atoms with van der Waals surface area (Å²) in [6.45, 7) is 0. The predicted molar refractivity (Wildman–Crippen MR) is 64.3 cm³/mol. The molecule has 0 aromatic carbocycles. The molecule has 2 rings (SSSR count). The minimum Gasteiger partial charge on any atom is -0.397 e. The molecule has 0 saturated carbocycles.